The highest BCUT2D eigenvalue weighted by molar-refractivity contribution is 5.54. The van der Waals surface area contributed by atoms with Gasteiger partial charge in [0.05, 0.1) is 5.56 Å². The number of hydrogen-bond donors (Lipinski definition) is 0. The molecule has 1 saturated heterocycles. The Labute approximate surface area is 90.4 Å². The van der Waals surface area contributed by atoms with E-state index in [0.717, 1.165) is 18.8 Å². The molecule has 0 aliphatic carbocycles. The second kappa shape index (κ2) is 4.31. The molecule has 0 spiro atoms. The van der Waals surface area contributed by atoms with E-state index in [9.17, 15) is 0 Å². The topological polar surface area (TPSA) is 39.9 Å². The summed E-state index contributed by atoms with van der Waals surface area (Å²) in [7, 11) is 0. The molecule has 1 aliphatic heterocycles. The van der Waals surface area contributed by atoms with Gasteiger partial charge in [-0.2, -0.15) is 5.26 Å². The van der Waals surface area contributed by atoms with Gasteiger partial charge in [0.15, 0.2) is 0 Å². The van der Waals surface area contributed by atoms with Gasteiger partial charge in [-0.3, -0.25) is 0 Å². The van der Waals surface area contributed by atoms with Gasteiger partial charge >= 0.3 is 0 Å². The molecule has 1 aromatic rings. The maximum Gasteiger partial charge on any atom is 0.146 e. The summed E-state index contributed by atoms with van der Waals surface area (Å²) in [6, 6.07) is 6.43. The Kier molecular flexibility index (Phi) is 2.86. The van der Waals surface area contributed by atoms with Gasteiger partial charge in [-0.25, -0.2) is 4.98 Å². The minimum Gasteiger partial charge on any atom is -0.353 e. The zero-order chi connectivity index (χ0) is 10.7. The molecule has 1 unspecified atom stereocenters. The molecule has 3 nitrogen and oxygen atoms in total. The monoisotopic (exact) mass is 201 g/mol. The molecule has 1 atom stereocenters. The van der Waals surface area contributed by atoms with Crippen LogP contribution < -0.4 is 4.90 Å². The van der Waals surface area contributed by atoms with E-state index in [1.54, 1.807) is 6.20 Å². The lowest BCUT2D eigenvalue weighted by Gasteiger charge is -2.25. The highest BCUT2D eigenvalue weighted by Gasteiger charge is 2.25. The third-order valence-electron chi connectivity index (χ3n) is 3.03. The maximum absolute atomic E-state index is 9.02. The van der Waals surface area contributed by atoms with Crippen LogP contribution in [0.15, 0.2) is 18.3 Å². The molecule has 2 rings (SSSR count). The summed E-state index contributed by atoms with van der Waals surface area (Å²) in [6.07, 6.45) is 5.32. The van der Waals surface area contributed by atoms with Crippen LogP contribution in [0, 0.1) is 11.3 Å². The van der Waals surface area contributed by atoms with Crippen LogP contribution in [0.4, 0.5) is 5.82 Å². The van der Waals surface area contributed by atoms with Gasteiger partial charge in [0.2, 0.25) is 0 Å². The van der Waals surface area contributed by atoms with Gasteiger partial charge < -0.3 is 4.90 Å². The summed E-state index contributed by atoms with van der Waals surface area (Å²) in [6.45, 7) is 3.22. The molecule has 0 amide bonds. The number of anilines is 1. The third kappa shape index (κ3) is 1.80. The largest absolute Gasteiger partial charge is 0.353 e. The van der Waals surface area contributed by atoms with Gasteiger partial charge in [-0.1, -0.05) is 6.92 Å². The molecule has 78 valence electrons. The fourth-order valence-corrected chi connectivity index (χ4v) is 2.25. The van der Waals surface area contributed by atoms with Crippen molar-refractivity contribution in [2.75, 3.05) is 11.4 Å². The van der Waals surface area contributed by atoms with E-state index >= 15 is 0 Å². The normalized spacial score (nSPS) is 20.3. The molecule has 1 aliphatic rings. The van der Waals surface area contributed by atoms with E-state index in [0.29, 0.717) is 11.6 Å². The van der Waals surface area contributed by atoms with E-state index in [1.165, 1.54) is 12.8 Å². The van der Waals surface area contributed by atoms with Crippen molar-refractivity contribution in [3.63, 3.8) is 0 Å². The molecule has 0 saturated carbocycles. The first-order valence-electron chi connectivity index (χ1n) is 5.48. The van der Waals surface area contributed by atoms with Gasteiger partial charge in [0, 0.05) is 18.8 Å². The molecule has 1 aromatic heterocycles. The van der Waals surface area contributed by atoms with Crippen molar-refractivity contribution in [2.45, 2.75) is 32.2 Å². The van der Waals surface area contributed by atoms with Gasteiger partial charge in [0.1, 0.15) is 11.9 Å². The van der Waals surface area contributed by atoms with Crippen LogP contribution in [0.2, 0.25) is 0 Å². The Hall–Kier alpha value is -1.56. The fourth-order valence-electron chi connectivity index (χ4n) is 2.25. The number of pyridine rings is 1. The maximum atomic E-state index is 9.02. The quantitative estimate of drug-likeness (QED) is 0.737. The number of hydrogen-bond acceptors (Lipinski definition) is 3. The third-order valence-corrected chi connectivity index (χ3v) is 3.03. The van der Waals surface area contributed by atoms with Crippen molar-refractivity contribution < 1.29 is 0 Å². The molecular formula is C12H15N3. The second-order valence-corrected chi connectivity index (χ2v) is 3.88. The van der Waals surface area contributed by atoms with E-state index in [-0.39, 0.29) is 0 Å². The van der Waals surface area contributed by atoms with Crippen molar-refractivity contribution in [1.29, 1.82) is 5.26 Å². The number of aromatic nitrogens is 1. The SMILES string of the molecule is CCC1CCCN1c1ncccc1C#N. The van der Waals surface area contributed by atoms with E-state index < -0.39 is 0 Å². The van der Waals surface area contributed by atoms with E-state index in [4.69, 9.17) is 5.26 Å². The Morgan fingerprint density at radius 2 is 2.53 bits per heavy atom. The predicted molar refractivity (Wildman–Crippen MR) is 59.6 cm³/mol. The van der Waals surface area contributed by atoms with Crippen LogP contribution in [0.3, 0.4) is 0 Å². The average molecular weight is 201 g/mol. The number of rotatable bonds is 2. The summed E-state index contributed by atoms with van der Waals surface area (Å²) in [5, 5.41) is 9.02. The van der Waals surface area contributed by atoms with Crippen molar-refractivity contribution in [3.8, 4) is 6.07 Å². The van der Waals surface area contributed by atoms with Gasteiger partial charge in [0.25, 0.3) is 0 Å². The minimum absolute atomic E-state index is 0.562. The van der Waals surface area contributed by atoms with Crippen LogP contribution in [-0.2, 0) is 0 Å². The highest BCUT2D eigenvalue weighted by Crippen LogP contribution is 2.27. The molecule has 3 heteroatoms. The summed E-state index contributed by atoms with van der Waals surface area (Å²) < 4.78 is 0. The molecule has 0 radical (unpaired) electrons. The molecule has 0 bridgehead atoms. The first kappa shape index (κ1) is 9.97. The predicted octanol–water partition coefficient (Wildman–Crippen LogP) is 2.33. The Morgan fingerprint density at radius 1 is 1.67 bits per heavy atom. The lowest BCUT2D eigenvalue weighted by atomic mass is 10.1. The lowest BCUT2D eigenvalue weighted by Crippen LogP contribution is -2.29. The number of nitriles is 1. The van der Waals surface area contributed by atoms with Gasteiger partial charge in [-0.05, 0) is 31.4 Å². The molecule has 2 heterocycles. The summed E-state index contributed by atoms with van der Waals surface area (Å²) in [4.78, 5) is 6.61. The fraction of sp³-hybridized carbons (Fsp3) is 0.500. The Bertz CT molecular complexity index is 381. The average Bonchev–Trinajstić information content (AvgIpc) is 2.76. The summed E-state index contributed by atoms with van der Waals surface area (Å²) in [5.74, 6) is 0.865. The van der Waals surface area contributed by atoms with E-state index in [2.05, 4.69) is 22.9 Å². The molecule has 0 N–H and O–H groups in total. The minimum atomic E-state index is 0.562. The van der Waals surface area contributed by atoms with Crippen molar-refractivity contribution in [3.05, 3.63) is 23.9 Å². The van der Waals surface area contributed by atoms with Gasteiger partial charge in [-0.15, -0.1) is 0 Å². The van der Waals surface area contributed by atoms with Crippen LogP contribution in [0.1, 0.15) is 31.7 Å². The van der Waals surface area contributed by atoms with Crippen molar-refractivity contribution in [1.82, 2.24) is 4.98 Å². The van der Waals surface area contributed by atoms with Crippen molar-refractivity contribution in [2.24, 2.45) is 0 Å². The van der Waals surface area contributed by atoms with E-state index in [1.807, 2.05) is 12.1 Å². The lowest BCUT2D eigenvalue weighted by molar-refractivity contribution is 0.640. The second-order valence-electron chi connectivity index (χ2n) is 3.88. The Balaban J connectivity index is 2.33. The first-order chi connectivity index (χ1) is 7.36. The first-order valence-corrected chi connectivity index (χ1v) is 5.48. The van der Waals surface area contributed by atoms with Crippen LogP contribution >= 0.6 is 0 Å². The molecular weight excluding hydrogens is 186 g/mol. The molecule has 1 fully saturated rings. The highest BCUT2D eigenvalue weighted by atomic mass is 15.2. The summed E-state index contributed by atoms with van der Waals surface area (Å²) >= 11 is 0. The van der Waals surface area contributed by atoms with Crippen LogP contribution in [-0.4, -0.2) is 17.6 Å². The standard InChI is InChI=1S/C12H15N3/c1-2-11-6-4-8-15(11)12-10(9-13)5-3-7-14-12/h3,5,7,11H,2,4,6,8H2,1H3. The zero-order valence-electron chi connectivity index (χ0n) is 8.98. The zero-order valence-corrected chi connectivity index (χ0v) is 8.98. The summed E-state index contributed by atoms with van der Waals surface area (Å²) in [5.41, 5.74) is 0.692. The molecule has 0 aromatic carbocycles. The number of nitrogens with zero attached hydrogens (tertiary/aromatic N) is 3. The van der Waals surface area contributed by atoms with Crippen LogP contribution in [0.25, 0.3) is 0 Å². The Morgan fingerprint density at radius 3 is 3.27 bits per heavy atom. The van der Waals surface area contributed by atoms with Crippen LogP contribution in [0.5, 0.6) is 0 Å². The van der Waals surface area contributed by atoms with Crippen molar-refractivity contribution >= 4 is 5.82 Å². The molecule has 15 heavy (non-hydrogen) atoms. The smallest absolute Gasteiger partial charge is 0.146 e.